The average molecular weight is 203 g/mol. The molecule has 5 nitrogen and oxygen atoms in total. The van der Waals surface area contributed by atoms with E-state index >= 15 is 0 Å². The molecular weight excluding hydrogens is 194 g/mol. The van der Waals surface area contributed by atoms with Crippen LogP contribution in [-0.4, -0.2) is 28.3 Å². The van der Waals surface area contributed by atoms with Crippen LogP contribution in [0.3, 0.4) is 0 Å². The van der Waals surface area contributed by atoms with Crippen LogP contribution in [0.15, 0.2) is 24.8 Å². The van der Waals surface area contributed by atoms with Crippen molar-refractivity contribution in [1.82, 2.24) is 15.0 Å². The molecule has 0 aliphatic heterocycles. The number of aromatic amines is 1. The molecule has 2 heterocycles. The van der Waals surface area contributed by atoms with E-state index in [1.807, 2.05) is 0 Å². The van der Waals surface area contributed by atoms with Crippen molar-refractivity contribution in [3.05, 3.63) is 30.4 Å². The van der Waals surface area contributed by atoms with E-state index in [0.29, 0.717) is 17.0 Å². The lowest BCUT2D eigenvalue weighted by atomic mass is 10.1. The van der Waals surface area contributed by atoms with Gasteiger partial charge in [0.15, 0.2) is 6.29 Å². The average Bonchev–Trinajstić information content (AvgIpc) is 2.81. The fourth-order valence-electron chi connectivity index (χ4n) is 1.29. The zero-order valence-electron chi connectivity index (χ0n) is 8.10. The molecule has 5 heteroatoms. The largest absolute Gasteiger partial charge is 0.481 e. The quantitative estimate of drug-likeness (QED) is 0.763. The van der Waals surface area contributed by atoms with Crippen molar-refractivity contribution in [3.8, 4) is 17.1 Å². The molecule has 0 radical (unpaired) electrons. The van der Waals surface area contributed by atoms with Crippen molar-refractivity contribution in [2.45, 2.75) is 0 Å². The topological polar surface area (TPSA) is 67.9 Å². The Morgan fingerprint density at radius 1 is 1.47 bits per heavy atom. The van der Waals surface area contributed by atoms with Crippen LogP contribution < -0.4 is 4.74 Å². The molecule has 0 unspecified atom stereocenters. The standard InChI is InChI=1S/C10H9N3O2/c1-15-10-2-7(5-14)8(3-12-10)9-4-11-6-13-9/h2-6H,1H3,(H,11,13). The molecule has 2 aromatic rings. The van der Waals surface area contributed by atoms with Crippen LogP contribution in [-0.2, 0) is 0 Å². The van der Waals surface area contributed by atoms with Crippen LogP contribution in [0.1, 0.15) is 10.4 Å². The number of hydrogen-bond acceptors (Lipinski definition) is 4. The smallest absolute Gasteiger partial charge is 0.213 e. The number of imidazole rings is 1. The minimum atomic E-state index is 0.417. The second-order valence-corrected chi connectivity index (χ2v) is 2.90. The van der Waals surface area contributed by atoms with Gasteiger partial charge >= 0.3 is 0 Å². The summed E-state index contributed by atoms with van der Waals surface area (Å²) in [6.45, 7) is 0. The van der Waals surface area contributed by atoms with E-state index in [4.69, 9.17) is 4.74 Å². The maximum Gasteiger partial charge on any atom is 0.213 e. The van der Waals surface area contributed by atoms with Gasteiger partial charge in [0, 0.05) is 23.4 Å². The molecule has 0 saturated heterocycles. The van der Waals surface area contributed by atoms with Gasteiger partial charge in [-0.3, -0.25) is 4.79 Å². The first-order valence-corrected chi connectivity index (χ1v) is 4.33. The molecule has 76 valence electrons. The third-order valence-corrected chi connectivity index (χ3v) is 2.04. The van der Waals surface area contributed by atoms with Crippen molar-refractivity contribution >= 4 is 6.29 Å². The first-order valence-electron chi connectivity index (χ1n) is 4.33. The van der Waals surface area contributed by atoms with Crippen molar-refractivity contribution in [2.75, 3.05) is 7.11 Å². The molecule has 0 spiro atoms. The lowest BCUT2D eigenvalue weighted by Crippen LogP contribution is -1.93. The summed E-state index contributed by atoms with van der Waals surface area (Å²) in [6.07, 6.45) is 5.53. The monoisotopic (exact) mass is 203 g/mol. The maximum atomic E-state index is 10.9. The van der Waals surface area contributed by atoms with Crippen LogP contribution in [0, 0.1) is 0 Å². The van der Waals surface area contributed by atoms with E-state index in [1.165, 1.54) is 7.11 Å². The van der Waals surface area contributed by atoms with Gasteiger partial charge in [-0.25, -0.2) is 9.97 Å². The minimum Gasteiger partial charge on any atom is -0.481 e. The summed E-state index contributed by atoms with van der Waals surface area (Å²) in [5.74, 6) is 0.417. The molecule has 1 N–H and O–H groups in total. The highest BCUT2D eigenvalue weighted by Crippen LogP contribution is 2.21. The number of pyridine rings is 1. The number of hydrogen-bond donors (Lipinski definition) is 1. The zero-order valence-corrected chi connectivity index (χ0v) is 8.10. The number of aromatic nitrogens is 3. The zero-order chi connectivity index (χ0) is 10.7. The number of nitrogens with zero attached hydrogens (tertiary/aromatic N) is 2. The lowest BCUT2D eigenvalue weighted by Gasteiger charge is -2.03. The predicted octanol–water partition coefficient (Wildman–Crippen LogP) is 1.29. The molecule has 0 saturated carbocycles. The molecule has 0 aliphatic rings. The highest BCUT2D eigenvalue weighted by atomic mass is 16.5. The highest BCUT2D eigenvalue weighted by molar-refractivity contribution is 5.86. The maximum absolute atomic E-state index is 10.9. The SMILES string of the molecule is COc1cc(C=O)c(-c2cnc[nH]2)cn1. The Hall–Kier alpha value is -2.17. The third-order valence-electron chi connectivity index (χ3n) is 2.04. The van der Waals surface area contributed by atoms with Crippen molar-refractivity contribution < 1.29 is 9.53 Å². The second-order valence-electron chi connectivity index (χ2n) is 2.90. The first-order chi connectivity index (χ1) is 7.35. The Morgan fingerprint density at radius 2 is 2.33 bits per heavy atom. The number of carbonyl (C=O) groups excluding carboxylic acids is 1. The summed E-state index contributed by atoms with van der Waals surface area (Å²) in [4.78, 5) is 21.7. The van der Waals surface area contributed by atoms with Gasteiger partial charge in [-0.2, -0.15) is 0 Å². The predicted molar refractivity (Wildman–Crippen MR) is 53.8 cm³/mol. The molecule has 0 fully saturated rings. The Bertz CT molecular complexity index is 466. The van der Waals surface area contributed by atoms with Gasteiger partial charge in [-0.15, -0.1) is 0 Å². The Morgan fingerprint density at radius 3 is 2.93 bits per heavy atom. The number of aldehydes is 1. The lowest BCUT2D eigenvalue weighted by molar-refractivity contribution is 0.112. The molecule has 0 atom stereocenters. The van der Waals surface area contributed by atoms with E-state index < -0.39 is 0 Å². The summed E-state index contributed by atoms with van der Waals surface area (Å²) >= 11 is 0. The van der Waals surface area contributed by atoms with E-state index in [9.17, 15) is 4.79 Å². The fraction of sp³-hybridized carbons (Fsp3) is 0.100. The number of ether oxygens (including phenoxy) is 1. The Kier molecular flexibility index (Phi) is 2.45. The highest BCUT2D eigenvalue weighted by Gasteiger charge is 2.07. The molecule has 15 heavy (non-hydrogen) atoms. The molecule has 0 amide bonds. The summed E-state index contributed by atoms with van der Waals surface area (Å²) in [6, 6.07) is 1.59. The van der Waals surface area contributed by atoms with E-state index in [-0.39, 0.29) is 0 Å². The molecule has 0 aliphatic carbocycles. The third kappa shape index (κ3) is 1.71. The molecule has 2 aromatic heterocycles. The fourth-order valence-corrected chi connectivity index (χ4v) is 1.29. The summed E-state index contributed by atoms with van der Waals surface area (Å²) < 4.78 is 4.93. The normalized spacial score (nSPS) is 9.93. The van der Waals surface area contributed by atoms with Gasteiger partial charge in [0.1, 0.15) is 0 Å². The van der Waals surface area contributed by atoms with Crippen LogP contribution in [0.4, 0.5) is 0 Å². The number of methoxy groups -OCH3 is 1. The van der Waals surface area contributed by atoms with Gasteiger partial charge in [0.2, 0.25) is 5.88 Å². The van der Waals surface area contributed by atoms with Crippen LogP contribution in [0.5, 0.6) is 5.88 Å². The van der Waals surface area contributed by atoms with Gasteiger partial charge in [0.05, 0.1) is 25.3 Å². The minimum absolute atomic E-state index is 0.417. The summed E-state index contributed by atoms with van der Waals surface area (Å²) in [5.41, 5.74) is 1.99. The summed E-state index contributed by atoms with van der Waals surface area (Å²) in [5, 5.41) is 0. The van der Waals surface area contributed by atoms with Crippen LogP contribution in [0.2, 0.25) is 0 Å². The van der Waals surface area contributed by atoms with Crippen molar-refractivity contribution in [3.63, 3.8) is 0 Å². The van der Waals surface area contributed by atoms with Gasteiger partial charge in [0.25, 0.3) is 0 Å². The first kappa shape index (κ1) is 9.39. The van der Waals surface area contributed by atoms with Gasteiger partial charge in [-0.1, -0.05) is 0 Å². The van der Waals surface area contributed by atoms with E-state index in [0.717, 1.165) is 12.0 Å². The van der Waals surface area contributed by atoms with Crippen molar-refractivity contribution in [1.29, 1.82) is 0 Å². The number of nitrogens with one attached hydrogen (secondary N) is 1. The number of H-pyrrole nitrogens is 1. The van der Waals surface area contributed by atoms with E-state index in [1.54, 1.807) is 24.8 Å². The molecule has 0 aromatic carbocycles. The molecule has 0 bridgehead atoms. The Labute approximate surface area is 86.1 Å². The number of carbonyl (C=O) groups is 1. The van der Waals surface area contributed by atoms with Crippen molar-refractivity contribution in [2.24, 2.45) is 0 Å². The summed E-state index contributed by atoms with van der Waals surface area (Å²) in [7, 11) is 1.51. The molecule has 2 rings (SSSR count). The van der Waals surface area contributed by atoms with Crippen LogP contribution >= 0.6 is 0 Å². The van der Waals surface area contributed by atoms with E-state index in [2.05, 4.69) is 15.0 Å². The second kappa shape index (κ2) is 3.91. The van der Waals surface area contributed by atoms with Crippen LogP contribution in [0.25, 0.3) is 11.3 Å². The number of rotatable bonds is 3. The van der Waals surface area contributed by atoms with Gasteiger partial charge in [-0.05, 0) is 0 Å². The van der Waals surface area contributed by atoms with Gasteiger partial charge < -0.3 is 9.72 Å². The molecular formula is C10H9N3O2. The Balaban J connectivity index is 2.52.